The van der Waals surface area contributed by atoms with Crippen LogP contribution >= 0.6 is 11.3 Å². The fourth-order valence-electron chi connectivity index (χ4n) is 8.44. The highest BCUT2D eigenvalue weighted by molar-refractivity contribution is 7.18. The largest absolute Gasteiger partial charge is 0.382 e. The Morgan fingerprint density at radius 1 is 0.982 bits per heavy atom. The maximum Gasteiger partial charge on any atom is 0.234 e. The lowest BCUT2D eigenvalue weighted by molar-refractivity contribution is -0.134. The zero-order valence-corrected chi connectivity index (χ0v) is 31.9. The number of rotatable bonds is 9. The van der Waals surface area contributed by atoms with Crippen LogP contribution in [0.25, 0.3) is 27.5 Å². The lowest BCUT2D eigenvalue weighted by Gasteiger charge is -2.44. The molecule has 1 aliphatic carbocycles. The Labute approximate surface area is 323 Å². The minimum Gasteiger partial charge on any atom is -0.382 e. The first-order valence-electron chi connectivity index (χ1n) is 19.3. The maximum absolute atomic E-state index is 12.3. The molecule has 15 heteroatoms. The summed E-state index contributed by atoms with van der Waals surface area (Å²) in [6, 6.07) is 14.2. The van der Waals surface area contributed by atoms with Crippen LogP contribution < -0.4 is 20.4 Å². The SMILES string of the molecule is CC(C)Nc1cc(-c2ccc3cc(C#N)cnn23)ncc1-c1nnc(N2CCN(CC3CCN(c4ccc(C5CCC(=O)NC5=O)cn4)CC3)C3(CC3)C2)s1. The molecule has 1 spiro atoms. The molecule has 3 aliphatic heterocycles. The van der Waals surface area contributed by atoms with Crippen molar-refractivity contribution in [3.8, 4) is 28.0 Å². The molecule has 1 atom stereocenters. The van der Waals surface area contributed by atoms with Gasteiger partial charge in [-0.3, -0.25) is 24.8 Å². The Morgan fingerprint density at radius 3 is 2.58 bits per heavy atom. The van der Waals surface area contributed by atoms with Gasteiger partial charge in [0.05, 0.1) is 40.1 Å². The highest BCUT2D eigenvalue weighted by Crippen LogP contribution is 2.47. The van der Waals surface area contributed by atoms with E-state index in [0.29, 0.717) is 24.3 Å². The summed E-state index contributed by atoms with van der Waals surface area (Å²) < 4.78 is 1.81. The minimum atomic E-state index is -0.304. The van der Waals surface area contributed by atoms with Crippen molar-refractivity contribution >= 4 is 45.3 Å². The number of carbonyl (C=O) groups excluding carboxylic acids is 2. The third-order valence-electron chi connectivity index (χ3n) is 11.6. The van der Waals surface area contributed by atoms with E-state index in [2.05, 4.69) is 61.5 Å². The molecule has 8 heterocycles. The van der Waals surface area contributed by atoms with E-state index in [1.54, 1.807) is 17.5 Å². The standard InChI is InChI=1S/C40H44N12O2S/c1-25(2)45-32-18-33(34-6-4-29-17-27(19-41)20-44-52(29)34)42-22-31(32)38-47-48-39(55-38)50-15-16-51(40(24-50)11-12-40)23-26-9-13-49(14-10-26)35-7-3-28(21-43-35)30-5-8-36(53)46-37(30)54/h3-4,6-7,17-18,20-22,25-26,30H,5,8-16,23-24H2,1-2H3,(H,42,45)(H,46,53,54). The number of imide groups is 1. The van der Waals surface area contributed by atoms with E-state index in [9.17, 15) is 14.9 Å². The minimum absolute atomic E-state index is 0.195. The molecule has 3 saturated heterocycles. The third-order valence-corrected chi connectivity index (χ3v) is 12.6. The second kappa shape index (κ2) is 14.3. The summed E-state index contributed by atoms with van der Waals surface area (Å²) >= 11 is 1.63. The molecular weight excluding hydrogens is 713 g/mol. The number of nitrogens with one attached hydrogen (secondary N) is 2. The van der Waals surface area contributed by atoms with Gasteiger partial charge in [0.1, 0.15) is 11.9 Å². The zero-order valence-electron chi connectivity index (χ0n) is 31.1. The van der Waals surface area contributed by atoms with E-state index in [1.807, 2.05) is 47.2 Å². The average Bonchev–Trinajstić information content (AvgIpc) is 3.56. The molecular formula is C40H44N12O2S. The van der Waals surface area contributed by atoms with E-state index < -0.39 is 0 Å². The van der Waals surface area contributed by atoms with Crippen LogP contribution in [-0.2, 0) is 9.59 Å². The van der Waals surface area contributed by atoms with Crippen LogP contribution in [-0.4, -0.2) is 97.3 Å². The van der Waals surface area contributed by atoms with Gasteiger partial charge in [0.15, 0.2) is 5.01 Å². The number of nitriles is 1. The summed E-state index contributed by atoms with van der Waals surface area (Å²) in [4.78, 5) is 41.0. The Morgan fingerprint density at radius 2 is 1.84 bits per heavy atom. The lowest BCUT2D eigenvalue weighted by Crippen LogP contribution is -2.56. The van der Waals surface area contributed by atoms with Gasteiger partial charge >= 0.3 is 0 Å². The Balaban J connectivity index is 0.828. The van der Waals surface area contributed by atoms with Crippen LogP contribution in [0, 0.1) is 17.2 Å². The monoisotopic (exact) mass is 756 g/mol. The molecule has 282 valence electrons. The number of amides is 2. The van der Waals surface area contributed by atoms with Crippen molar-refractivity contribution in [2.24, 2.45) is 5.92 Å². The fourth-order valence-corrected chi connectivity index (χ4v) is 9.33. The van der Waals surface area contributed by atoms with Gasteiger partial charge in [-0.1, -0.05) is 17.4 Å². The van der Waals surface area contributed by atoms with Gasteiger partial charge in [0.25, 0.3) is 0 Å². The predicted molar refractivity (Wildman–Crippen MR) is 211 cm³/mol. The van der Waals surface area contributed by atoms with E-state index in [0.717, 1.165) is 102 Å². The molecule has 9 rings (SSSR count). The molecule has 2 amide bonds. The highest BCUT2D eigenvalue weighted by atomic mass is 32.1. The highest BCUT2D eigenvalue weighted by Gasteiger charge is 2.52. The third kappa shape index (κ3) is 7.00. The van der Waals surface area contributed by atoms with Crippen LogP contribution in [0.5, 0.6) is 0 Å². The quantitative estimate of drug-likeness (QED) is 0.192. The first kappa shape index (κ1) is 35.3. The van der Waals surface area contributed by atoms with E-state index in [-0.39, 0.29) is 29.3 Å². The van der Waals surface area contributed by atoms with Crippen molar-refractivity contribution in [3.63, 3.8) is 0 Å². The topological polar surface area (TPSA) is 161 Å². The molecule has 14 nitrogen and oxygen atoms in total. The van der Waals surface area contributed by atoms with Crippen LogP contribution in [0.4, 0.5) is 16.6 Å². The summed E-state index contributed by atoms with van der Waals surface area (Å²) in [6.45, 7) is 10.2. The number of piperidine rings is 2. The smallest absolute Gasteiger partial charge is 0.234 e. The number of carbonyl (C=O) groups is 2. The molecule has 2 N–H and O–H groups in total. The zero-order chi connectivity index (χ0) is 37.7. The second-order valence-corrected chi connectivity index (χ2v) is 16.6. The van der Waals surface area contributed by atoms with Crippen molar-refractivity contribution in [1.82, 2.24) is 40.0 Å². The van der Waals surface area contributed by atoms with Crippen LogP contribution in [0.2, 0.25) is 0 Å². The first-order valence-corrected chi connectivity index (χ1v) is 20.1. The molecule has 1 saturated carbocycles. The van der Waals surface area contributed by atoms with E-state index >= 15 is 0 Å². The summed E-state index contributed by atoms with van der Waals surface area (Å²) in [5.41, 5.74) is 5.95. The lowest BCUT2D eigenvalue weighted by atomic mass is 9.91. The van der Waals surface area contributed by atoms with Gasteiger partial charge in [-0.2, -0.15) is 10.4 Å². The van der Waals surface area contributed by atoms with Crippen LogP contribution in [0.15, 0.2) is 55.0 Å². The Hall–Kier alpha value is -5.46. The van der Waals surface area contributed by atoms with Gasteiger partial charge in [0, 0.05) is 75.4 Å². The number of hydrogen-bond donors (Lipinski definition) is 2. The van der Waals surface area contributed by atoms with Gasteiger partial charge in [-0.25, -0.2) is 9.50 Å². The number of hydrogen-bond acceptors (Lipinski definition) is 13. The van der Waals surface area contributed by atoms with E-state index in [4.69, 9.17) is 15.1 Å². The summed E-state index contributed by atoms with van der Waals surface area (Å²) in [6.07, 6.45) is 10.9. The molecule has 4 fully saturated rings. The average molecular weight is 757 g/mol. The second-order valence-electron chi connectivity index (χ2n) is 15.7. The molecule has 55 heavy (non-hydrogen) atoms. The van der Waals surface area contributed by atoms with Crippen LogP contribution in [0.1, 0.15) is 69.4 Å². The van der Waals surface area contributed by atoms with Crippen molar-refractivity contribution < 1.29 is 9.59 Å². The number of piperazine rings is 1. The number of pyridine rings is 2. The van der Waals surface area contributed by atoms with Gasteiger partial charge < -0.3 is 15.1 Å². The number of anilines is 3. The van der Waals surface area contributed by atoms with Crippen molar-refractivity contribution in [1.29, 1.82) is 5.26 Å². The molecule has 5 aromatic heterocycles. The van der Waals surface area contributed by atoms with Crippen molar-refractivity contribution in [2.45, 2.75) is 69.9 Å². The molecule has 4 aliphatic rings. The van der Waals surface area contributed by atoms with Crippen molar-refractivity contribution in [3.05, 3.63) is 66.1 Å². The summed E-state index contributed by atoms with van der Waals surface area (Å²) in [5.74, 6) is 0.885. The number of aromatic nitrogens is 6. The van der Waals surface area contributed by atoms with E-state index in [1.165, 1.54) is 12.8 Å². The first-order chi connectivity index (χ1) is 26.7. The molecule has 0 bridgehead atoms. The van der Waals surface area contributed by atoms with Gasteiger partial charge in [-0.05, 0) is 87.8 Å². The normalized spacial score (nSPS) is 20.3. The van der Waals surface area contributed by atoms with Crippen molar-refractivity contribution in [2.75, 3.05) is 54.4 Å². The molecule has 0 aromatic carbocycles. The molecule has 1 unspecified atom stereocenters. The molecule has 0 radical (unpaired) electrons. The predicted octanol–water partition coefficient (Wildman–Crippen LogP) is 5.09. The number of fused-ring (bicyclic) bond motifs is 1. The van der Waals surface area contributed by atoms with Crippen LogP contribution in [0.3, 0.4) is 0 Å². The Bertz CT molecular complexity index is 2280. The van der Waals surface area contributed by atoms with Gasteiger partial charge in [-0.15, -0.1) is 10.2 Å². The number of nitrogens with zero attached hydrogens (tertiary/aromatic N) is 10. The summed E-state index contributed by atoms with van der Waals surface area (Å²) in [7, 11) is 0. The fraction of sp³-hybridized carbons (Fsp3) is 0.450. The molecule has 5 aromatic rings. The Kier molecular flexibility index (Phi) is 9.18. The summed E-state index contributed by atoms with van der Waals surface area (Å²) in [5, 5.41) is 31.0. The maximum atomic E-state index is 12.3. The van der Waals surface area contributed by atoms with Gasteiger partial charge in [0.2, 0.25) is 16.9 Å².